The van der Waals surface area contributed by atoms with Crippen LogP contribution in [0.2, 0.25) is 0 Å². The average Bonchev–Trinajstić information content (AvgIpc) is 2.97. The van der Waals surface area contributed by atoms with Gasteiger partial charge in [-0.25, -0.2) is 0 Å². The second-order valence-corrected chi connectivity index (χ2v) is 8.71. The van der Waals surface area contributed by atoms with Crippen molar-refractivity contribution >= 4 is 11.8 Å². The van der Waals surface area contributed by atoms with E-state index < -0.39 is 0 Å². The Morgan fingerprint density at radius 2 is 1.71 bits per heavy atom. The number of hydrogen-bond acceptors (Lipinski definition) is 4. The number of carbonyl (C=O) groups is 2. The molecule has 2 atom stereocenters. The summed E-state index contributed by atoms with van der Waals surface area (Å²) in [5.74, 6) is 0.254. The molecule has 2 aliphatic rings. The summed E-state index contributed by atoms with van der Waals surface area (Å²) in [5.41, 5.74) is -0.532. The Kier molecular flexibility index (Phi) is 6.82. The summed E-state index contributed by atoms with van der Waals surface area (Å²) in [6.45, 7) is 13.7. The number of likely N-dealkylation sites (N-methyl/N-ethyl adjacent to an activating group) is 1. The largest absolute Gasteiger partial charge is 0.391 e. The van der Waals surface area contributed by atoms with Gasteiger partial charge in [0.2, 0.25) is 5.91 Å². The van der Waals surface area contributed by atoms with E-state index in [0.717, 1.165) is 19.4 Å². The summed E-state index contributed by atoms with van der Waals surface area (Å²) >= 11 is 0. The fourth-order valence-corrected chi connectivity index (χ4v) is 2.73. The van der Waals surface area contributed by atoms with Gasteiger partial charge in [-0.05, 0) is 27.2 Å². The molecular weight excluding hydrogens is 308 g/mol. The van der Waals surface area contributed by atoms with Gasteiger partial charge in [0.15, 0.2) is 0 Å². The maximum absolute atomic E-state index is 11.6. The normalized spacial score (nSPS) is 24.9. The molecule has 6 heteroatoms. The first kappa shape index (κ1) is 20.9. The lowest BCUT2D eigenvalue weighted by atomic mass is 9.95. The number of amides is 2. The van der Waals surface area contributed by atoms with E-state index in [9.17, 15) is 14.7 Å². The van der Waals surface area contributed by atoms with E-state index in [2.05, 4.69) is 0 Å². The van der Waals surface area contributed by atoms with Crippen LogP contribution >= 0.6 is 0 Å². The molecule has 0 radical (unpaired) electrons. The van der Waals surface area contributed by atoms with Crippen LogP contribution in [0.25, 0.3) is 0 Å². The number of hydrogen-bond donors (Lipinski definition) is 1. The number of ether oxygens (including phenoxy) is 1. The molecule has 2 rings (SSSR count). The first-order chi connectivity index (χ1) is 10.8. The maximum atomic E-state index is 11.6. The summed E-state index contributed by atoms with van der Waals surface area (Å²) in [6.07, 6.45) is 1.03. The molecule has 0 spiro atoms. The molecular formula is C18H34N2O4. The smallest absolute Gasteiger partial charge is 0.251 e. The summed E-state index contributed by atoms with van der Waals surface area (Å²) in [6, 6.07) is 0. The fraction of sp³-hybridized carbons (Fsp3) is 0.889. The zero-order chi connectivity index (χ0) is 18.7. The van der Waals surface area contributed by atoms with Crippen LogP contribution in [0.4, 0.5) is 0 Å². The number of β-amino-alcohol motifs (C(OH)–C–C–N with tert-alkyl or cyclic N) is 1. The molecule has 2 saturated heterocycles. The number of nitrogens with zero attached hydrogens (tertiary/aromatic N) is 2. The lowest BCUT2D eigenvalue weighted by molar-refractivity contribution is -0.144. The molecule has 0 aromatic rings. The molecule has 2 aliphatic heterocycles. The third-order valence-corrected chi connectivity index (χ3v) is 3.97. The van der Waals surface area contributed by atoms with Gasteiger partial charge >= 0.3 is 0 Å². The quantitative estimate of drug-likeness (QED) is 0.787. The van der Waals surface area contributed by atoms with Crippen molar-refractivity contribution in [2.45, 2.75) is 72.2 Å². The molecule has 2 heterocycles. The lowest BCUT2D eigenvalue weighted by Gasteiger charge is -2.25. The minimum absolute atomic E-state index is 0.116. The van der Waals surface area contributed by atoms with Gasteiger partial charge in [0.25, 0.3) is 5.91 Å². The number of likely N-dealkylation sites (tertiary alicyclic amines) is 2. The van der Waals surface area contributed by atoms with E-state index in [4.69, 9.17) is 4.74 Å². The van der Waals surface area contributed by atoms with Crippen molar-refractivity contribution in [2.75, 3.05) is 26.7 Å². The van der Waals surface area contributed by atoms with E-state index in [1.807, 2.05) is 48.6 Å². The Bertz CT molecular complexity index is 451. The zero-order valence-electron chi connectivity index (χ0n) is 16.3. The van der Waals surface area contributed by atoms with Crippen molar-refractivity contribution in [3.8, 4) is 0 Å². The van der Waals surface area contributed by atoms with Gasteiger partial charge in [-0.3, -0.25) is 9.59 Å². The summed E-state index contributed by atoms with van der Waals surface area (Å²) in [7, 11) is 1.81. The van der Waals surface area contributed by atoms with Gasteiger partial charge in [-0.1, -0.05) is 20.8 Å². The predicted molar refractivity (Wildman–Crippen MR) is 93.5 cm³/mol. The van der Waals surface area contributed by atoms with Crippen molar-refractivity contribution in [2.24, 2.45) is 5.41 Å². The Morgan fingerprint density at radius 1 is 1.12 bits per heavy atom. The van der Waals surface area contributed by atoms with Gasteiger partial charge < -0.3 is 19.6 Å². The predicted octanol–water partition coefficient (Wildman–Crippen LogP) is 1.66. The first-order valence-corrected chi connectivity index (χ1v) is 8.71. The van der Waals surface area contributed by atoms with Crippen molar-refractivity contribution in [1.29, 1.82) is 0 Å². The highest BCUT2D eigenvalue weighted by atomic mass is 16.5. The molecule has 24 heavy (non-hydrogen) atoms. The molecule has 2 amide bonds. The van der Waals surface area contributed by atoms with Gasteiger partial charge in [-0.15, -0.1) is 0 Å². The van der Waals surface area contributed by atoms with Gasteiger partial charge in [0.05, 0.1) is 11.7 Å². The molecule has 140 valence electrons. The Balaban J connectivity index is 0.000000240. The summed E-state index contributed by atoms with van der Waals surface area (Å²) < 4.78 is 5.59. The minimum Gasteiger partial charge on any atom is -0.391 e. The van der Waals surface area contributed by atoms with Gasteiger partial charge in [-0.2, -0.15) is 0 Å². The molecule has 2 unspecified atom stereocenters. The average molecular weight is 342 g/mol. The first-order valence-electron chi connectivity index (χ1n) is 8.71. The Hall–Kier alpha value is -1.14. The highest BCUT2D eigenvalue weighted by Gasteiger charge is 2.33. The summed E-state index contributed by atoms with van der Waals surface area (Å²) in [5, 5.41) is 9.22. The summed E-state index contributed by atoms with van der Waals surface area (Å²) in [4.78, 5) is 26.5. The van der Waals surface area contributed by atoms with Crippen LogP contribution in [-0.4, -0.2) is 71.2 Å². The van der Waals surface area contributed by atoms with Crippen LogP contribution < -0.4 is 0 Å². The van der Waals surface area contributed by atoms with Crippen molar-refractivity contribution in [3.63, 3.8) is 0 Å². The number of aliphatic hydroxyl groups excluding tert-OH is 1. The minimum atomic E-state index is -0.315. The van der Waals surface area contributed by atoms with E-state index in [1.165, 1.54) is 0 Å². The van der Waals surface area contributed by atoms with Crippen LogP contribution in [0.3, 0.4) is 0 Å². The third-order valence-electron chi connectivity index (χ3n) is 3.97. The molecule has 2 fully saturated rings. The second-order valence-electron chi connectivity index (χ2n) is 8.71. The number of aliphatic hydroxyl groups is 1. The molecule has 6 nitrogen and oxygen atoms in total. The van der Waals surface area contributed by atoms with Crippen molar-refractivity contribution in [3.05, 3.63) is 0 Å². The van der Waals surface area contributed by atoms with Crippen LogP contribution in [0, 0.1) is 5.41 Å². The Morgan fingerprint density at radius 3 is 2.04 bits per heavy atom. The van der Waals surface area contributed by atoms with Crippen molar-refractivity contribution < 1.29 is 19.4 Å². The molecule has 0 aromatic heterocycles. The van der Waals surface area contributed by atoms with E-state index in [0.29, 0.717) is 13.1 Å². The molecule has 0 aliphatic carbocycles. The van der Waals surface area contributed by atoms with Gasteiger partial charge in [0.1, 0.15) is 6.10 Å². The number of rotatable bonds is 1. The molecule has 0 aromatic carbocycles. The van der Waals surface area contributed by atoms with Crippen LogP contribution in [0.5, 0.6) is 0 Å². The fourth-order valence-electron chi connectivity index (χ4n) is 2.73. The highest BCUT2D eigenvalue weighted by Crippen LogP contribution is 2.21. The maximum Gasteiger partial charge on any atom is 0.251 e. The molecule has 0 saturated carbocycles. The van der Waals surface area contributed by atoms with Crippen molar-refractivity contribution in [1.82, 2.24) is 9.80 Å². The lowest BCUT2D eigenvalue weighted by Crippen LogP contribution is -2.38. The SMILES string of the molecule is CC(C)(C)C(=O)N1CCC(O)C1.CN1CCC(OC(C)(C)C)C1=O. The molecule has 0 bridgehead atoms. The van der Waals surface area contributed by atoms with E-state index in [1.54, 1.807) is 9.80 Å². The van der Waals surface area contributed by atoms with E-state index >= 15 is 0 Å². The highest BCUT2D eigenvalue weighted by molar-refractivity contribution is 5.82. The Labute approximate surface area is 146 Å². The van der Waals surface area contributed by atoms with Crippen LogP contribution in [0.1, 0.15) is 54.4 Å². The monoisotopic (exact) mass is 342 g/mol. The van der Waals surface area contributed by atoms with Crippen LogP contribution in [0.15, 0.2) is 0 Å². The number of carbonyl (C=O) groups excluding carboxylic acids is 2. The van der Waals surface area contributed by atoms with Gasteiger partial charge in [0, 0.05) is 38.5 Å². The standard InChI is InChI=1S/2C9H17NO2/c1-9(2,3)12-7-5-6-10(4)8(7)11;1-9(2,3)8(12)10-5-4-7(11)6-10/h7H,5-6H2,1-4H3;7,11H,4-6H2,1-3H3. The second kappa shape index (κ2) is 7.83. The van der Waals surface area contributed by atoms with Crippen LogP contribution in [-0.2, 0) is 14.3 Å². The third kappa shape index (κ3) is 6.40. The van der Waals surface area contributed by atoms with E-state index in [-0.39, 0.29) is 35.0 Å². The topological polar surface area (TPSA) is 70.1 Å². The zero-order valence-corrected chi connectivity index (χ0v) is 16.3. The molecule has 1 N–H and O–H groups in total.